The van der Waals surface area contributed by atoms with Gasteiger partial charge in [-0.2, -0.15) is 0 Å². The van der Waals surface area contributed by atoms with E-state index in [-0.39, 0.29) is 23.7 Å². The van der Waals surface area contributed by atoms with Crippen molar-refractivity contribution in [2.24, 2.45) is 5.73 Å². The van der Waals surface area contributed by atoms with Crippen molar-refractivity contribution in [2.75, 3.05) is 0 Å². The zero-order chi connectivity index (χ0) is 12.4. The molecule has 0 bridgehead atoms. The molecule has 1 heterocycles. The summed E-state index contributed by atoms with van der Waals surface area (Å²) in [5, 5.41) is 10.0. The molecule has 0 aliphatic carbocycles. The van der Waals surface area contributed by atoms with Gasteiger partial charge in [-0.25, -0.2) is 4.98 Å². The molecule has 5 nitrogen and oxygen atoms in total. The third kappa shape index (κ3) is 2.62. The Bertz CT molecular complexity index is 553. The second-order valence-electron chi connectivity index (χ2n) is 3.87. The number of nitrogens with two attached hydrogens (primary N) is 1. The van der Waals surface area contributed by atoms with E-state index in [0.717, 1.165) is 5.69 Å². The Kier molecular flexibility index (Phi) is 4.33. The molecular weight excluding hydrogens is 254 g/mol. The number of aromatic amines is 1. The predicted molar refractivity (Wildman–Crippen MR) is 70.0 cm³/mol. The number of primary amides is 1. The van der Waals surface area contributed by atoms with Crippen LogP contribution in [0.15, 0.2) is 24.7 Å². The Morgan fingerprint density at radius 3 is 2.78 bits per heavy atom. The van der Waals surface area contributed by atoms with E-state index in [1.807, 2.05) is 0 Å². The van der Waals surface area contributed by atoms with Crippen LogP contribution in [0.25, 0.3) is 0 Å². The molecular formula is C12H14ClN3O2. The van der Waals surface area contributed by atoms with E-state index in [9.17, 15) is 9.90 Å². The number of imidazole rings is 1. The summed E-state index contributed by atoms with van der Waals surface area (Å²) >= 11 is 0. The number of nitrogens with zero attached hydrogens (tertiary/aromatic N) is 1. The quantitative estimate of drug-likeness (QED) is 0.787. The highest BCUT2D eigenvalue weighted by atomic mass is 35.5. The minimum atomic E-state index is -0.621. The molecule has 18 heavy (non-hydrogen) atoms. The highest BCUT2D eigenvalue weighted by molar-refractivity contribution is 5.97. The summed E-state index contributed by atoms with van der Waals surface area (Å²) in [4.78, 5) is 18.1. The van der Waals surface area contributed by atoms with Gasteiger partial charge in [0.25, 0.3) is 5.91 Å². The number of aromatic nitrogens is 2. The second-order valence-corrected chi connectivity index (χ2v) is 3.87. The van der Waals surface area contributed by atoms with Crippen molar-refractivity contribution in [1.82, 2.24) is 9.97 Å². The molecule has 0 fully saturated rings. The Balaban J connectivity index is 0.00000162. The third-order valence-corrected chi connectivity index (χ3v) is 2.64. The molecule has 0 saturated heterocycles. The maximum atomic E-state index is 11.2. The van der Waals surface area contributed by atoms with Crippen LogP contribution in [0.4, 0.5) is 0 Å². The number of rotatable bonds is 3. The summed E-state index contributed by atoms with van der Waals surface area (Å²) in [6, 6.07) is 3.54. The van der Waals surface area contributed by atoms with E-state index >= 15 is 0 Å². The smallest absolute Gasteiger partial charge is 0.252 e. The van der Waals surface area contributed by atoms with Crippen LogP contribution in [0.5, 0.6) is 5.75 Å². The van der Waals surface area contributed by atoms with Crippen LogP contribution in [0.3, 0.4) is 0 Å². The van der Waals surface area contributed by atoms with Crippen molar-refractivity contribution < 1.29 is 9.90 Å². The summed E-state index contributed by atoms with van der Waals surface area (Å²) in [5.74, 6) is -0.677. The van der Waals surface area contributed by atoms with Crippen LogP contribution in [-0.4, -0.2) is 21.0 Å². The molecule has 0 radical (unpaired) electrons. The van der Waals surface area contributed by atoms with Crippen LogP contribution >= 0.6 is 12.4 Å². The Labute approximate surface area is 110 Å². The number of H-pyrrole nitrogens is 1. The van der Waals surface area contributed by atoms with Crippen molar-refractivity contribution in [1.29, 1.82) is 0 Å². The maximum Gasteiger partial charge on any atom is 0.252 e. The molecule has 0 aliphatic heterocycles. The number of halogens is 1. The molecule has 1 aromatic heterocycles. The molecule has 0 saturated carbocycles. The first-order valence-electron chi connectivity index (χ1n) is 5.18. The van der Waals surface area contributed by atoms with Crippen LogP contribution < -0.4 is 5.73 Å². The van der Waals surface area contributed by atoms with Crippen molar-refractivity contribution in [3.05, 3.63) is 47.0 Å². The maximum absolute atomic E-state index is 11.2. The lowest BCUT2D eigenvalue weighted by Crippen LogP contribution is -2.13. The van der Waals surface area contributed by atoms with Crippen molar-refractivity contribution in [3.8, 4) is 5.75 Å². The van der Waals surface area contributed by atoms with Crippen LogP contribution in [0, 0.1) is 6.92 Å². The summed E-state index contributed by atoms with van der Waals surface area (Å²) < 4.78 is 0. The fraction of sp³-hybridized carbons (Fsp3) is 0.167. The number of carbonyl (C=O) groups excluding carboxylic acids is 1. The van der Waals surface area contributed by atoms with Gasteiger partial charge in [-0.1, -0.05) is 12.1 Å². The number of phenols is 1. The minimum absolute atomic E-state index is 0. The lowest BCUT2D eigenvalue weighted by atomic mass is 10.00. The van der Waals surface area contributed by atoms with Gasteiger partial charge in [0.15, 0.2) is 0 Å². The Morgan fingerprint density at radius 1 is 1.50 bits per heavy atom. The highest BCUT2D eigenvalue weighted by Crippen LogP contribution is 2.26. The number of aromatic hydroxyl groups is 1. The Hall–Kier alpha value is -2.01. The van der Waals surface area contributed by atoms with Gasteiger partial charge in [0, 0.05) is 18.2 Å². The fourth-order valence-electron chi connectivity index (χ4n) is 1.77. The normalized spacial score (nSPS) is 9.83. The van der Waals surface area contributed by atoms with Crippen LogP contribution in [-0.2, 0) is 6.42 Å². The number of aryl methyl sites for hydroxylation is 1. The largest absolute Gasteiger partial charge is 0.507 e. The lowest BCUT2D eigenvalue weighted by molar-refractivity contribution is 0.0997. The van der Waals surface area contributed by atoms with Gasteiger partial charge in [-0.3, -0.25) is 4.79 Å². The monoisotopic (exact) mass is 267 g/mol. The van der Waals surface area contributed by atoms with Gasteiger partial charge in [0.1, 0.15) is 5.75 Å². The van der Waals surface area contributed by atoms with E-state index in [1.165, 1.54) is 0 Å². The number of benzene rings is 1. The number of hydrogen-bond donors (Lipinski definition) is 3. The molecule has 2 rings (SSSR count). The molecule has 1 aromatic carbocycles. The molecule has 1 amide bonds. The van der Waals surface area contributed by atoms with E-state index in [2.05, 4.69) is 9.97 Å². The number of amides is 1. The van der Waals surface area contributed by atoms with E-state index in [1.54, 1.807) is 31.6 Å². The topological polar surface area (TPSA) is 92.0 Å². The van der Waals surface area contributed by atoms with Gasteiger partial charge in [0.05, 0.1) is 17.6 Å². The van der Waals surface area contributed by atoms with Gasteiger partial charge < -0.3 is 15.8 Å². The second kappa shape index (κ2) is 5.55. The van der Waals surface area contributed by atoms with Gasteiger partial charge >= 0.3 is 0 Å². The molecule has 6 heteroatoms. The third-order valence-electron chi connectivity index (χ3n) is 2.64. The van der Waals surface area contributed by atoms with Gasteiger partial charge in [0.2, 0.25) is 0 Å². The van der Waals surface area contributed by atoms with E-state index < -0.39 is 5.91 Å². The van der Waals surface area contributed by atoms with Crippen LogP contribution in [0.1, 0.15) is 27.2 Å². The molecule has 0 atom stereocenters. The summed E-state index contributed by atoms with van der Waals surface area (Å²) in [5.41, 5.74) is 7.51. The SMILES string of the molecule is Cc1ccc(Cc2c[nH]cn2)c(O)c1C(N)=O.Cl. The molecule has 0 spiro atoms. The first-order chi connectivity index (χ1) is 8.09. The number of hydrogen-bond acceptors (Lipinski definition) is 3. The highest BCUT2D eigenvalue weighted by Gasteiger charge is 2.15. The van der Waals surface area contributed by atoms with Crippen molar-refractivity contribution >= 4 is 18.3 Å². The van der Waals surface area contributed by atoms with E-state index in [4.69, 9.17) is 5.73 Å². The average Bonchev–Trinajstić information content (AvgIpc) is 2.74. The molecule has 4 N–H and O–H groups in total. The summed E-state index contributed by atoms with van der Waals surface area (Å²) in [6.07, 6.45) is 3.76. The average molecular weight is 268 g/mol. The zero-order valence-corrected chi connectivity index (χ0v) is 10.6. The molecule has 0 aliphatic rings. The molecule has 2 aromatic rings. The number of carbonyl (C=O) groups is 1. The van der Waals surface area contributed by atoms with Crippen LogP contribution in [0.2, 0.25) is 0 Å². The van der Waals surface area contributed by atoms with Gasteiger partial charge in [-0.05, 0) is 12.5 Å². The lowest BCUT2D eigenvalue weighted by Gasteiger charge is -2.09. The predicted octanol–water partition coefficient (Wildman–Crippen LogP) is 1.54. The minimum Gasteiger partial charge on any atom is -0.507 e. The molecule has 0 unspecified atom stereocenters. The molecule has 96 valence electrons. The van der Waals surface area contributed by atoms with E-state index in [0.29, 0.717) is 17.5 Å². The first kappa shape index (κ1) is 14.1. The fourth-order valence-corrected chi connectivity index (χ4v) is 1.77. The van der Waals surface area contributed by atoms with Crippen molar-refractivity contribution in [3.63, 3.8) is 0 Å². The standard InChI is InChI=1S/C12H13N3O2.ClH/c1-7-2-3-8(4-9-5-14-6-15-9)11(16)10(7)12(13)17;/h2-3,5-6,16H,4H2,1H3,(H2,13,17)(H,14,15);1H. The number of nitrogens with one attached hydrogen (secondary N) is 1. The first-order valence-corrected chi connectivity index (χ1v) is 5.18. The summed E-state index contributed by atoms with van der Waals surface area (Å²) in [6.45, 7) is 1.73. The zero-order valence-electron chi connectivity index (χ0n) is 9.80. The van der Waals surface area contributed by atoms with Gasteiger partial charge in [-0.15, -0.1) is 12.4 Å². The summed E-state index contributed by atoms with van der Waals surface area (Å²) in [7, 11) is 0. The van der Waals surface area contributed by atoms with Crippen molar-refractivity contribution in [2.45, 2.75) is 13.3 Å². The Morgan fingerprint density at radius 2 is 2.22 bits per heavy atom.